The van der Waals surface area contributed by atoms with Gasteiger partial charge in [0.1, 0.15) is 17.4 Å². The third-order valence-corrected chi connectivity index (χ3v) is 18.7. The molecule has 1 radical (unpaired) electrons. The van der Waals surface area contributed by atoms with Crippen LogP contribution < -0.4 is 11.5 Å². The summed E-state index contributed by atoms with van der Waals surface area (Å²) in [5.41, 5.74) is 12.3. The predicted molar refractivity (Wildman–Crippen MR) is 371 cm³/mol. The van der Waals surface area contributed by atoms with Crippen molar-refractivity contribution in [2.24, 2.45) is 75.7 Å². The van der Waals surface area contributed by atoms with E-state index in [1.807, 2.05) is 60.7 Å². The van der Waals surface area contributed by atoms with Crippen molar-refractivity contribution >= 4 is 80.1 Å². The first kappa shape index (κ1) is 87.9. The molecule has 0 bridgehead atoms. The number of primary amides is 1. The summed E-state index contributed by atoms with van der Waals surface area (Å²) in [5.74, 6) is 3.03. The number of Topliss-reactive ketones (excluding diaryl/α,β-unsaturated/α-hetero) is 3. The number of carboxylic acid groups (broad SMARTS) is 1. The molecule has 2 aromatic rings. The Kier molecular flexibility index (Phi) is 49.0. The predicted octanol–water partition coefficient (Wildman–Crippen LogP) is 13.2. The number of aliphatic imine (C=N–C) groups is 1. The second kappa shape index (κ2) is 51.2. The molecule has 6 saturated carbocycles. The summed E-state index contributed by atoms with van der Waals surface area (Å²) in [6.07, 6.45) is 25.8. The quantitative estimate of drug-likeness (QED) is 0.0237. The van der Waals surface area contributed by atoms with Gasteiger partial charge in [-0.25, -0.2) is 4.79 Å². The maximum Gasteiger partial charge on any atom is 0.328 e. The third-order valence-electron chi connectivity index (χ3n) is 17.1. The van der Waals surface area contributed by atoms with E-state index in [4.69, 9.17) is 37.3 Å². The number of rotatable bonds is 28. The van der Waals surface area contributed by atoms with Gasteiger partial charge in [-0.15, -0.1) is 0 Å². The van der Waals surface area contributed by atoms with Gasteiger partial charge in [-0.2, -0.15) is 10.5 Å². The van der Waals surface area contributed by atoms with Crippen molar-refractivity contribution in [3.63, 3.8) is 0 Å². The van der Waals surface area contributed by atoms with Gasteiger partial charge in [0.2, 0.25) is 5.91 Å². The Morgan fingerprint density at radius 2 is 0.935 bits per heavy atom. The summed E-state index contributed by atoms with van der Waals surface area (Å²) in [6.45, 7) is 8.01. The van der Waals surface area contributed by atoms with Gasteiger partial charge in [0.25, 0.3) is 0 Å². The molecule has 6 aliphatic rings. The fourth-order valence-corrected chi connectivity index (χ4v) is 11.0. The van der Waals surface area contributed by atoms with Crippen LogP contribution in [0.1, 0.15) is 200 Å². The molecule has 8 unspecified atom stereocenters. The molecule has 1 amide bonds. The minimum absolute atomic E-state index is 0. The molecule has 6 aliphatic carbocycles. The number of carboxylic acids is 1. The van der Waals surface area contributed by atoms with Crippen LogP contribution in [0, 0.1) is 58.2 Å². The minimum Gasteiger partial charge on any atom is -0.480 e. The molecule has 2 aromatic carbocycles. The van der Waals surface area contributed by atoms with Gasteiger partial charge in [0.05, 0.1) is 55.2 Å². The van der Waals surface area contributed by atoms with Crippen molar-refractivity contribution in [1.82, 2.24) is 0 Å². The molecule has 8 rings (SSSR count). The van der Waals surface area contributed by atoms with Gasteiger partial charge < -0.3 is 37.0 Å². The Bertz CT molecular complexity index is 2520. The zero-order valence-corrected chi connectivity index (χ0v) is 61.1. The van der Waals surface area contributed by atoms with Crippen LogP contribution in [-0.2, 0) is 42.5 Å². The summed E-state index contributed by atoms with van der Waals surface area (Å²) >= 11 is 0. The fourth-order valence-electron chi connectivity index (χ4n) is 9.79. The molecule has 0 spiro atoms. The van der Waals surface area contributed by atoms with E-state index in [2.05, 4.69) is 73.9 Å². The van der Waals surface area contributed by atoms with Crippen molar-refractivity contribution in [3.8, 4) is 12.1 Å². The van der Waals surface area contributed by atoms with E-state index in [1.54, 1.807) is 32.9 Å². The van der Waals surface area contributed by atoms with Crippen LogP contribution in [0.4, 0.5) is 0 Å². The number of hydrogen-bond acceptors (Lipinski definition) is 18. The van der Waals surface area contributed by atoms with Crippen LogP contribution in [0.15, 0.2) is 89.4 Å². The van der Waals surface area contributed by atoms with Crippen molar-refractivity contribution in [2.45, 2.75) is 243 Å². The number of aliphatic hydroxyl groups is 4. The van der Waals surface area contributed by atoms with Crippen LogP contribution in [0.25, 0.3) is 0 Å². The average Bonchev–Trinajstić information content (AvgIpc) is 1.05. The first-order valence-electron chi connectivity index (χ1n) is 32.1. The number of nitriles is 2. The Labute approximate surface area is 571 Å². The van der Waals surface area contributed by atoms with Crippen molar-refractivity contribution in [1.29, 1.82) is 10.5 Å². The van der Waals surface area contributed by atoms with E-state index in [9.17, 15) is 34.2 Å². The standard InChI is InChI=1S/C16H15NO.C8H15N2O2P.C8H13N2OP.C8H14NOP.C8H15NO.C7H12NO2P.C7H14NOP.C4H7NO.V/c1-13(18)12-17-16(14-8-4-2-5-9-14)15-10-6-3-7-11-15;9-8(12)7(11)6(10-13)4-5-2-1-3-5;9-5-8(11)7(10-12)4-6-2-1-3-6;1-6(10)8(9-11)5-7-3-2-4-7;1-6(10)8(9)5-7-3-2-4-7;9-7(10)6(8-11)4-5-2-1-3-5;9-5-7(8-10)4-6-2-1-3-6;1-4(2,6)3-5;/h2-11H,12H2,1H3;5-7,11,13H,1-4H2,(H2,9,12);6-8,11-12H,1-4H2;7-8,11H,2-5H2,1H3;7-8H,2-5,9H2,1H3;5-6,11H,1-4H2,(H,9,10);6-7,9-10H,1-5H2;6H,1-2H3;. The Morgan fingerprint density at radius 1 is 0.576 bits per heavy atom. The second-order valence-corrected chi connectivity index (χ2v) is 26.5. The number of benzene rings is 2. The zero-order valence-electron chi connectivity index (χ0n) is 54.7. The summed E-state index contributed by atoms with van der Waals surface area (Å²) in [4.78, 5) is 58.3. The van der Waals surface area contributed by atoms with E-state index in [1.165, 1.54) is 129 Å². The summed E-state index contributed by atoms with van der Waals surface area (Å²) in [7, 11) is 15.0. The van der Waals surface area contributed by atoms with Crippen molar-refractivity contribution in [2.75, 3.05) is 13.2 Å². The van der Waals surface area contributed by atoms with Crippen LogP contribution in [0.5, 0.6) is 0 Å². The van der Waals surface area contributed by atoms with E-state index in [0.29, 0.717) is 24.2 Å². The van der Waals surface area contributed by atoms with E-state index in [0.717, 1.165) is 66.7 Å². The van der Waals surface area contributed by atoms with Crippen molar-refractivity contribution in [3.05, 3.63) is 71.8 Å². The van der Waals surface area contributed by atoms with Gasteiger partial charge >= 0.3 is 5.97 Å². The Balaban J connectivity index is 0.00000104. The maximum absolute atomic E-state index is 11.1. The molecule has 0 heterocycles. The molecule has 26 heteroatoms. The number of carbonyl (C=O) groups excluding carboxylic acids is 4. The molecule has 6 fully saturated rings. The largest absolute Gasteiger partial charge is 0.480 e. The zero-order chi connectivity index (χ0) is 68.3. The van der Waals surface area contributed by atoms with Crippen LogP contribution in [-0.4, -0.2) is 128 Å². The minimum atomic E-state index is -1.15. The maximum atomic E-state index is 11.1. The van der Waals surface area contributed by atoms with Crippen LogP contribution >= 0.6 is 45.2 Å². The molecule has 8 atom stereocenters. The number of ketones is 3. The SMILES string of the molecule is CC(=O)C(CC1CCC1)N=P.CC(=O)C(N)CC1CCC1.CC(=O)CN=C(c1ccccc1)c1ccccc1.CC(C)(O)C#N.N#CC(O)C(CC1CCC1)N=P.NC(=O)C(O)C(CC1CCC1)N=P.O=C(O)C(CC1CCC1)N=P.OCC(CC1CCC1)N=P.[V]. The number of carbonyl (C=O) groups is 5. The van der Waals surface area contributed by atoms with E-state index in [-0.39, 0.29) is 79.3 Å². The molecular weight excluding hydrogens is 1300 g/mol. The molecule has 92 heavy (non-hydrogen) atoms. The van der Waals surface area contributed by atoms with Crippen LogP contribution in [0.3, 0.4) is 0 Å². The number of amides is 1. The summed E-state index contributed by atoms with van der Waals surface area (Å²) < 4.78 is 19.0. The second-order valence-electron chi connectivity index (χ2n) is 25.2. The van der Waals surface area contributed by atoms with Gasteiger partial charge in [-0.3, -0.25) is 47.9 Å². The summed E-state index contributed by atoms with van der Waals surface area (Å²) in [5, 5.41) is 60.8. The Morgan fingerprint density at radius 3 is 1.21 bits per heavy atom. The number of nitrogens with zero attached hydrogens (tertiary/aromatic N) is 8. The normalized spacial score (nSPS) is 18.1. The van der Waals surface area contributed by atoms with Gasteiger partial charge in [-0.05, 0) is 154 Å². The topological polar surface area (TPSA) is 360 Å². The Hall–Kier alpha value is -4.08. The average molecular weight is 1400 g/mol. The number of aliphatic hydroxyl groups excluding tert-OH is 3. The first-order valence-corrected chi connectivity index (χ1v) is 34.3. The molecular formula is C66H105N10O10P5V. The van der Waals surface area contributed by atoms with E-state index >= 15 is 0 Å². The number of nitrogens with two attached hydrogens (primary N) is 2. The summed E-state index contributed by atoms with van der Waals surface area (Å²) in [6, 6.07) is 22.0. The number of aliphatic carboxylic acids is 1. The molecule has 0 aromatic heterocycles. The third kappa shape index (κ3) is 39.1. The molecule has 0 aliphatic heterocycles. The smallest absolute Gasteiger partial charge is 0.328 e. The van der Waals surface area contributed by atoms with Gasteiger partial charge in [0, 0.05) is 29.7 Å². The van der Waals surface area contributed by atoms with Crippen molar-refractivity contribution < 1.29 is 68.1 Å². The number of hydrogen-bond donors (Lipinski definition) is 7. The fraction of sp³-hybridized carbons (Fsp3) is 0.697. The van der Waals surface area contributed by atoms with Crippen LogP contribution in [0.2, 0.25) is 0 Å². The van der Waals surface area contributed by atoms with Gasteiger partial charge in [-0.1, -0.05) is 176 Å². The molecule has 9 N–H and O–H groups in total. The monoisotopic (exact) mass is 1400 g/mol. The molecule has 0 saturated heterocycles. The van der Waals surface area contributed by atoms with Gasteiger partial charge in [0.15, 0.2) is 29.8 Å². The van der Waals surface area contributed by atoms with E-state index < -0.39 is 35.7 Å². The first-order chi connectivity index (χ1) is 43.3. The molecule has 20 nitrogen and oxygen atoms in total. The molecule has 509 valence electrons.